The molecular formula is C38H34N3O4Se+. The molecule has 1 aliphatic rings. The molecule has 0 radical (unpaired) electrons. The van der Waals surface area contributed by atoms with Gasteiger partial charge in [0.05, 0.1) is 0 Å². The average Bonchev–Trinajstić information content (AvgIpc) is 3.54. The van der Waals surface area contributed by atoms with Crippen LogP contribution in [0.1, 0.15) is 37.3 Å². The van der Waals surface area contributed by atoms with Crippen LogP contribution in [0.15, 0.2) is 102 Å². The number of carbonyl (C=O) groups is 2. The Kier molecular flexibility index (Phi) is 8.64. The van der Waals surface area contributed by atoms with Gasteiger partial charge in [-0.3, -0.25) is 0 Å². The number of rotatable bonds is 10. The summed E-state index contributed by atoms with van der Waals surface area (Å²) in [5.41, 5.74) is 5.47. The van der Waals surface area contributed by atoms with Gasteiger partial charge in [-0.2, -0.15) is 0 Å². The summed E-state index contributed by atoms with van der Waals surface area (Å²) < 4.78 is 9.18. The molecule has 0 unspecified atom stereocenters. The van der Waals surface area contributed by atoms with Crippen molar-refractivity contribution in [1.29, 1.82) is 5.26 Å². The number of anilines is 1. The number of hydrogen-bond donors (Lipinski definition) is 1. The van der Waals surface area contributed by atoms with Crippen molar-refractivity contribution in [2.24, 2.45) is 0 Å². The molecule has 0 amide bonds. The summed E-state index contributed by atoms with van der Waals surface area (Å²) in [7, 11) is 0. The van der Waals surface area contributed by atoms with Crippen LogP contribution in [0.2, 0.25) is 0 Å². The molecule has 4 aromatic carbocycles. The zero-order valence-corrected chi connectivity index (χ0v) is 27.7. The number of ether oxygens (including phenoxy) is 1. The van der Waals surface area contributed by atoms with E-state index in [1.165, 1.54) is 15.2 Å². The van der Waals surface area contributed by atoms with Crippen molar-refractivity contribution >= 4 is 69.5 Å². The molecule has 5 aromatic rings. The first-order valence-electron chi connectivity index (χ1n) is 15.2. The summed E-state index contributed by atoms with van der Waals surface area (Å²) in [4.78, 5) is 24.9. The van der Waals surface area contributed by atoms with Gasteiger partial charge in [-0.1, -0.05) is 12.1 Å². The van der Waals surface area contributed by atoms with E-state index in [4.69, 9.17) is 4.74 Å². The number of hydrogen-bond acceptors (Lipinski definition) is 5. The standard InChI is InChI=1S/C38H33N3O4Se/c1-25(11-10-12-26(23-39)37-40(21-22-45-24-42)31-17-8-9-18-32(31)46-37)36-38(2,3)34-29-15-6-4-13-27(29)28-14-5-7-16-30(28)35(34)41(36)20-19-33(43)44/h4-18,24H,19-22H2,1-3H3/p+1. The van der Waals surface area contributed by atoms with Gasteiger partial charge in [-0.05, 0) is 0 Å². The van der Waals surface area contributed by atoms with Gasteiger partial charge in [0.25, 0.3) is 0 Å². The van der Waals surface area contributed by atoms with E-state index in [1.807, 2.05) is 48.6 Å². The summed E-state index contributed by atoms with van der Waals surface area (Å²) in [6, 6.07) is 27.3. The minimum absolute atomic E-state index is 0.000264. The monoisotopic (exact) mass is 676 g/mol. The van der Waals surface area contributed by atoms with E-state index in [1.54, 1.807) is 0 Å². The van der Waals surface area contributed by atoms with E-state index >= 15 is 0 Å². The summed E-state index contributed by atoms with van der Waals surface area (Å²) in [5, 5.41) is 24.6. The van der Waals surface area contributed by atoms with E-state index in [0.29, 0.717) is 25.1 Å². The van der Waals surface area contributed by atoms with Gasteiger partial charge in [-0.15, -0.1) is 0 Å². The van der Waals surface area contributed by atoms with Crippen LogP contribution >= 0.6 is 0 Å². The number of allylic oxidation sites excluding steroid dienone is 6. The number of aromatic nitrogens is 1. The van der Waals surface area contributed by atoms with Gasteiger partial charge >= 0.3 is 262 Å². The Balaban J connectivity index is 1.48. The first kappa shape index (κ1) is 31.0. The van der Waals surface area contributed by atoms with Gasteiger partial charge < -0.3 is 0 Å². The number of nitrogens with zero attached hydrogens (tertiary/aromatic N) is 3. The Morgan fingerprint density at radius 2 is 1.67 bits per heavy atom. The predicted molar refractivity (Wildman–Crippen MR) is 183 cm³/mol. The third kappa shape index (κ3) is 5.43. The number of carboxylic acid groups (broad SMARTS) is 1. The normalized spacial score (nSPS) is 15.4. The second-order valence-electron chi connectivity index (χ2n) is 11.8. The Hall–Kier alpha value is -4.96. The molecule has 1 aromatic heterocycles. The molecule has 2 heterocycles. The molecule has 0 saturated carbocycles. The van der Waals surface area contributed by atoms with Gasteiger partial charge in [0.15, 0.2) is 0 Å². The van der Waals surface area contributed by atoms with E-state index in [9.17, 15) is 20.0 Å². The van der Waals surface area contributed by atoms with Crippen LogP contribution in [0.5, 0.6) is 0 Å². The van der Waals surface area contributed by atoms with Crippen LogP contribution in [0.3, 0.4) is 0 Å². The van der Waals surface area contributed by atoms with Gasteiger partial charge in [0, 0.05) is 0 Å². The zero-order chi connectivity index (χ0) is 32.4. The third-order valence-corrected chi connectivity index (χ3v) is 11.2. The Morgan fingerprint density at radius 1 is 1.02 bits per heavy atom. The number of benzene rings is 4. The SMILES string of the molecule is CC(C=CC=C(C#N)c1[se]c2ccccc2[n+]1CCOC=O)=C1N(CCC(=O)O)c2c(c3ccccc3c3ccccc23)C1(C)C. The van der Waals surface area contributed by atoms with Gasteiger partial charge in [0.1, 0.15) is 0 Å². The average molecular weight is 676 g/mol. The molecule has 1 aliphatic heterocycles. The van der Waals surface area contributed by atoms with Gasteiger partial charge in [0.2, 0.25) is 0 Å². The molecule has 230 valence electrons. The Bertz CT molecular complexity index is 2150. The number of para-hydroxylation sites is 1. The molecule has 6 rings (SSSR count). The van der Waals surface area contributed by atoms with Crippen LogP contribution in [-0.4, -0.2) is 45.2 Å². The first-order valence-corrected chi connectivity index (χ1v) is 16.9. The molecule has 0 spiro atoms. The molecule has 0 bridgehead atoms. The molecule has 0 aliphatic carbocycles. The van der Waals surface area contributed by atoms with Crippen molar-refractivity contribution in [3.05, 3.63) is 112 Å². The minimum atomic E-state index is -0.843. The van der Waals surface area contributed by atoms with E-state index in [0.717, 1.165) is 43.2 Å². The molecule has 1 N–H and O–H groups in total. The Morgan fingerprint density at radius 3 is 2.37 bits per heavy atom. The fraction of sp³-hybridized carbons (Fsp3) is 0.211. The van der Waals surface area contributed by atoms with Crippen molar-refractivity contribution in [3.63, 3.8) is 0 Å². The van der Waals surface area contributed by atoms with Crippen molar-refractivity contribution in [1.82, 2.24) is 0 Å². The number of aliphatic carboxylic acids is 1. The third-order valence-electron chi connectivity index (χ3n) is 8.65. The van der Waals surface area contributed by atoms with E-state index in [-0.39, 0.29) is 27.5 Å². The quantitative estimate of drug-likeness (QED) is 0.0338. The summed E-state index contributed by atoms with van der Waals surface area (Å²) in [6.07, 6.45) is 5.79. The maximum atomic E-state index is 11.9. The number of fused-ring (bicyclic) bond motifs is 7. The van der Waals surface area contributed by atoms with Gasteiger partial charge in [-0.25, -0.2) is 0 Å². The van der Waals surface area contributed by atoms with Crippen LogP contribution in [0, 0.1) is 11.3 Å². The van der Waals surface area contributed by atoms with E-state index in [2.05, 4.69) is 78.8 Å². The van der Waals surface area contributed by atoms with Crippen LogP contribution in [0.25, 0.3) is 36.9 Å². The fourth-order valence-electron chi connectivity index (χ4n) is 6.91. The molecule has 7 nitrogen and oxygen atoms in total. The second-order valence-corrected chi connectivity index (χ2v) is 14.0. The van der Waals surface area contributed by atoms with Crippen LogP contribution < -0.4 is 9.47 Å². The first-order chi connectivity index (χ1) is 22.3. The summed E-state index contributed by atoms with van der Waals surface area (Å²) in [5.74, 6) is -0.843. The topological polar surface area (TPSA) is 94.5 Å². The van der Waals surface area contributed by atoms with Crippen LogP contribution in [-0.2, 0) is 26.3 Å². The number of nitriles is 1. The Labute approximate surface area is 273 Å². The number of carbonyl (C=O) groups excluding carboxylic acids is 1. The maximum absolute atomic E-state index is 11.9. The van der Waals surface area contributed by atoms with Crippen molar-refractivity contribution in [2.75, 3.05) is 18.1 Å². The molecule has 0 atom stereocenters. The molecular weight excluding hydrogens is 641 g/mol. The van der Waals surface area contributed by atoms with Crippen molar-refractivity contribution < 1.29 is 24.0 Å². The van der Waals surface area contributed by atoms with E-state index < -0.39 is 11.4 Å². The van der Waals surface area contributed by atoms with Crippen molar-refractivity contribution in [2.45, 2.75) is 39.2 Å². The summed E-state index contributed by atoms with van der Waals surface area (Å²) >= 11 is -0.0779. The predicted octanol–water partition coefficient (Wildman–Crippen LogP) is 6.67. The molecule has 8 heteroatoms. The zero-order valence-electron chi connectivity index (χ0n) is 26.0. The second kappa shape index (κ2) is 12.8. The molecule has 46 heavy (non-hydrogen) atoms. The fourth-order valence-corrected chi connectivity index (χ4v) is 9.35. The number of carboxylic acids is 1. The molecule has 0 fully saturated rings. The van der Waals surface area contributed by atoms with Crippen LogP contribution in [0.4, 0.5) is 5.69 Å². The molecule has 0 saturated heterocycles. The van der Waals surface area contributed by atoms with Crippen molar-refractivity contribution in [3.8, 4) is 6.07 Å². The summed E-state index contributed by atoms with van der Waals surface area (Å²) in [6.45, 7) is 7.96.